The maximum atomic E-state index is 12.2. The maximum absolute atomic E-state index is 12.2. The summed E-state index contributed by atoms with van der Waals surface area (Å²) in [6.45, 7) is 6.34. The molecule has 0 aliphatic carbocycles. The first-order valence-electron chi connectivity index (χ1n) is 7.05. The number of nitrogens with one attached hydrogen (secondary N) is 1. The van der Waals surface area contributed by atoms with Gasteiger partial charge in [-0.2, -0.15) is 5.10 Å². The molecule has 1 aromatic carbocycles. The number of carboxylic acid groups (broad SMARTS) is 1. The van der Waals surface area contributed by atoms with Crippen molar-refractivity contribution in [2.75, 3.05) is 0 Å². The first-order valence-corrected chi connectivity index (χ1v) is 7.05. The van der Waals surface area contributed by atoms with Crippen molar-refractivity contribution >= 4 is 11.9 Å². The van der Waals surface area contributed by atoms with E-state index in [4.69, 9.17) is 0 Å². The van der Waals surface area contributed by atoms with Crippen LogP contribution in [0.25, 0.3) is 0 Å². The highest BCUT2D eigenvalue weighted by molar-refractivity contribution is 5.96. The third-order valence-corrected chi connectivity index (χ3v) is 3.32. The molecule has 0 aliphatic rings. The number of benzene rings is 1. The van der Waals surface area contributed by atoms with Crippen molar-refractivity contribution in [2.45, 2.75) is 33.4 Å². The molecular formula is C16H19N3O3. The summed E-state index contributed by atoms with van der Waals surface area (Å²) in [5.41, 5.74) is 2.81. The van der Waals surface area contributed by atoms with E-state index in [0.717, 1.165) is 11.1 Å². The highest BCUT2D eigenvalue weighted by Gasteiger charge is 2.23. The Hall–Kier alpha value is -2.63. The number of carbonyl (C=O) groups excluding carboxylic acids is 1. The molecule has 0 fully saturated rings. The van der Waals surface area contributed by atoms with Crippen molar-refractivity contribution in [1.82, 2.24) is 15.1 Å². The third-order valence-electron chi connectivity index (χ3n) is 3.32. The van der Waals surface area contributed by atoms with E-state index >= 15 is 0 Å². The van der Waals surface area contributed by atoms with E-state index in [2.05, 4.69) is 10.4 Å². The molecule has 0 bridgehead atoms. The molecule has 116 valence electrons. The van der Waals surface area contributed by atoms with Crippen molar-refractivity contribution in [3.63, 3.8) is 0 Å². The van der Waals surface area contributed by atoms with Crippen LogP contribution in [-0.4, -0.2) is 26.8 Å². The van der Waals surface area contributed by atoms with Gasteiger partial charge in [-0.15, -0.1) is 0 Å². The van der Waals surface area contributed by atoms with Gasteiger partial charge in [-0.3, -0.25) is 9.48 Å². The summed E-state index contributed by atoms with van der Waals surface area (Å²) in [5.74, 6) is -1.55. The molecule has 1 amide bonds. The SMILES string of the molecule is CCn1cc(C(=O)NC(C(=O)O)c2cc(C)cc(C)c2)cn1. The van der Waals surface area contributed by atoms with Gasteiger partial charge in [0.2, 0.25) is 0 Å². The Morgan fingerprint density at radius 1 is 1.27 bits per heavy atom. The summed E-state index contributed by atoms with van der Waals surface area (Å²) in [6.07, 6.45) is 3.02. The largest absolute Gasteiger partial charge is 0.479 e. The van der Waals surface area contributed by atoms with Crippen LogP contribution in [0.3, 0.4) is 0 Å². The molecule has 1 atom stereocenters. The van der Waals surface area contributed by atoms with E-state index in [9.17, 15) is 14.7 Å². The quantitative estimate of drug-likeness (QED) is 0.885. The molecule has 0 radical (unpaired) electrons. The predicted octanol–water partition coefficient (Wildman–Crippen LogP) is 2.08. The van der Waals surface area contributed by atoms with Crippen LogP contribution in [0.5, 0.6) is 0 Å². The Kier molecular flexibility index (Phi) is 4.60. The molecule has 2 aromatic rings. The van der Waals surface area contributed by atoms with Gasteiger partial charge >= 0.3 is 5.97 Å². The van der Waals surface area contributed by atoms with E-state index in [1.807, 2.05) is 26.8 Å². The van der Waals surface area contributed by atoms with Crippen molar-refractivity contribution in [2.24, 2.45) is 0 Å². The van der Waals surface area contributed by atoms with Gasteiger partial charge in [0.15, 0.2) is 6.04 Å². The number of nitrogens with zero attached hydrogens (tertiary/aromatic N) is 2. The number of aliphatic carboxylic acids is 1. The van der Waals surface area contributed by atoms with Crippen LogP contribution in [0.2, 0.25) is 0 Å². The van der Waals surface area contributed by atoms with Crippen LogP contribution in [0.4, 0.5) is 0 Å². The number of hydrogen-bond acceptors (Lipinski definition) is 3. The van der Waals surface area contributed by atoms with Gasteiger partial charge in [-0.25, -0.2) is 4.79 Å². The van der Waals surface area contributed by atoms with Gasteiger partial charge < -0.3 is 10.4 Å². The Morgan fingerprint density at radius 2 is 1.91 bits per heavy atom. The van der Waals surface area contributed by atoms with Crippen LogP contribution < -0.4 is 5.32 Å². The highest BCUT2D eigenvalue weighted by Crippen LogP contribution is 2.18. The first-order chi connectivity index (χ1) is 10.4. The molecule has 0 saturated carbocycles. The van der Waals surface area contributed by atoms with Crippen molar-refractivity contribution in [3.8, 4) is 0 Å². The molecule has 1 heterocycles. The molecule has 2 rings (SSSR count). The molecule has 6 heteroatoms. The number of carboxylic acids is 1. The van der Waals surface area contributed by atoms with Crippen LogP contribution in [-0.2, 0) is 11.3 Å². The first kappa shape index (κ1) is 15.8. The number of carbonyl (C=O) groups is 2. The molecular weight excluding hydrogens is 282 g/mol. The zero-order valence-corrected chi connectivity index (χ0v) is 12.8. The number of amides is 1. The Labute approximate surface area is 128 Å². The minimum atomic E-state index is -1.10. The van der Waals surface area contributed by atoms with Crippen LogP contribution in [0.15, 0.2) is 30.6 Å². The van der Waals surface area contributed by atoms with E-state index in [0.29, 0.717) is 17.7 Å². The summed E-state index contributed by atoms with van der Waals surface area (Å²) in [6, 6.07) is 4.40. The van der Waals surface area contributed by atoms with E-state index in [1.165, 1.54) is 6.20 Å². The summed E-state index contributed by atoms with van der Waals surface area (Å²) in [5, 5.41) is 16.0. The minimum absolute atomic E-state index is 0.345. The summed E-state index contributed by atoms with van der Waals surface area (Å²) < 4.78 is 1.61. The number of rotatable bonds is 5. The average molecular weight is 301 g/mol. The maximum Gasteiger partial charge on any atom is 0.330 e. The van der Waals surface area contributed by atoms with Gasteiger partial charge in [-0.05, 0) is 26.3 Å². The fraction of sp³-hybridized carbons (Fsp3) is 0.312. The molecule has 6 nitrogen and oxygen atoms in total. The van der Waals surface area contributed by atoms with Crippen molar-refractivity contribution < 1.29 is 14.7 Å². The molecule has 0 aliphatic heterocycles. The van der Waals surface area contributed by atoms with Gasteiger partial charge in [0.05, 0.1) is 11.8 Å². The lowest BCUT2D eigenvalue weighted by Gasteiger charge is -2.15. The molecule has 0 spiro atoms. The Morgan fingerprint density at radius 3 is 2.41 bits per heavy atom. The van der Waals surface area contributed by atoms with E-state index < -0.39 is 17.9 Å². The van der Waals surface area contributed by atoms with Crippen LogP contribution in [0.1, 0.15) is 40.0 Å². The fourth-order valence-corrected chi connectivity index (χ4v) is 2.33. The molecule has 1 unspecified atom stereocenters. The third kappa shape index (κ3) is 3.52. The summed E-state index contributed by atoms with van der Waals surface area (Å²) in [7, 11) is 0. The van der Waals surface area contributed by atoms with Gasteiger partial charge in [0.1, 0.15) is 0 Å². The summed E-state index contributed by atoms with van der Waals surface area (Å²) >= 11 is 0. The molecule has 22 heavy (non-hydrogen) atoms. The second-order valence-corrected chi connectivity index (χ2v) is 5.25. The Balaban J connectivity index is 2.25. The van der Waals surface area contributed by atoms with Crippen LogP contribution in [0, 0.1) is 13.8 Å². The predicted molar refractivity (Wildman–Crippen MR) is 81.7 cm³/mol. The number of hydrogen-bond donors (Lipinski definition) is 2. The highest BCUT2D eigenvalue weighted by atomic mass is 16.4. The van der Waals surface area contributed by atoms with E-state index in [1.54, 1.807) is 23.0 Å². The minimum Gasteiger partial charge on any atom is -0.479 e. The van der Waals surface area contributed by atoms with Crippen LogP contribution >= 0.6 is 0 Å². The second kappa shape index (κ2) is 6.43. The molecule has 1 aromatic heterocycles. The van der Waals surface area contributed by atoms with Gasteiger partial charge in [-0.1, -0.05) is 29.3 Å². The second-order valence-electron chi connectivity index (χ2n) is 5.25. The number of aromatic nitrogens is 2. The lowest BCUT2D eigenvalue weighted by Crippen LogP contribution is -2.33. The number of aryl methyl sites for hydroxylation is 3. The topological polar surface area (TPSA) is 84.2 Å². The smallest absolute Gasteiger partial charge is 0.330 e. The average Bonchev–Trinajstić information content (AvgIpc) is 2.92. The summed E-state index contributed by atoms with van der Waals surface area (Å²) in [4.78, 5) is 23.7. The normalized spacial score (nSPS) is 12.0. The van der Waals surface area contributed by atoms with Gasteiger partial charge in [0.25, 0.3) is 5.91 Å². The zero-order chi connectivity index (χ0) is 16.3. The Bertz CT molecular complexity index is 686. The van der Waals surface area contributed by atoms with Crippen molar-refractivity contribution in [3.05, 3.63) is 52.8 Å². The molecule has 0 saturated heterocycles. The van der Waals surface area contributed by atoms with Crippen molar-refractivity contribution in [1.29, 1.82) is 0 Å². The lowest BCUT2D eigenvalue weighted by atomic mass is 10.0. The lowest BCUT2D eigenvalue weighted by molar-refractivity contribution is -0.139. The molecule has 2 N–H and O–H groups in total. The van der Waals surface area contributed by atoms with Gasteiger partial charge in [0, 0.05) is 12.7 Å². The zero-order valence-electron chi connectivity index (χ0n) is 12.8. The monoisotopic (exact) mass is 301 g/mol. The standard InChI is InChI=1S/C16H19N3O3/c1-4-19-9-13(8-17-19)15(20)18-14(16(21)22)12-6-10(2)5-11(3)7-12/h5-9,14H,4H2,1-3H3,(H,18,20)(H,21,22). The fourth-order valence-electron chi connectivity index (χ4n) is 2.33. The van der Waals surface area contributed by atoms with E-state index in [-0.39, 0.29) is 0 Å².